The molecule has 0 saturated carbocycles. The Morgan fingerprint density at radius 1 is 1.53 bits per heavy atom. The van der Waals surface area contributed by atoms with Crippen molar-refractivity contribution in [2.75, 3.05) is 5.33 Å². The van der Waals surface area contributed by atoms with Gasteiger partial charge in [0.2, 0.25) is 0 Å². The van der Waals surface area contributed by atoms with Gasteiger partial charge in [-0.25, -0.2) is 0 Å². The highest BCUT2D eigenvalue weighted by molar-refractivity contribution is 9.09. The highest BCUT2D eigenvalue weighted by atomic mass is 79.9. The Morgan fingerprint density at radius 2 is 2.20 bits per heavy atom. The van der Waals surface area contributed by atoms with Gasteiger partial charge in [0.25, 0.3) is 5.91 Å². The molecule has 1 atom stereocenters. The Bertz CT molecular complexity index is 368. The predicted molar refractivity (Wildman–Crippen MR) is 60.5 cm³/mol. The summed E-state index contributed by atoms with van der Waals surface area (Å²) in [6, 6.07) is 3.84. The Balaban J connectivity index is 2.82. The van der Waals surface area contributed by atoms with Crippen molar-refractivity contribution in [3.05, 3.63) is 23.8 Å². The lowest BCUT2D eigenvalue weighted by Crippen LogP contribution is -2.33. The molecule has 82 valence electrons. The number of phenols is 2. The lowest BCUT2D eigenvalue weighted by molar-refractivity contribution is 0.0941. The molecule has 1 rings (SSSR count). The molecule has 15 heavy (non-hydrogen) atoms. The summed E-state index contributed by atoms with van der Waals surface area (Å²) in [6.07, 6.45) is 0. The summed E-state index contributed by atoms with van der Waals surface area (Å²) in [4.78, 5) is 11.6. The zero-order chi connectivity index (χ0) is 11.4. The Labute approximate surface area is 96.1 Å². The summed E-state index contributed by atoms with van der Waals surface area (Å²) in [5.74, 6) is -0.661. The van der Waals surface area contributed by atoms with Crippen LogP contribution in [-0.2, 0) is 0 Å². The van der Waals surface area contributed by atoms with E-state index in [2.05, 4.69) is 21.2 Å². The van der Waals surface area contributed by atoms with Gasteiger partial charge in [0.05, 0.1) is 5.56 Å². The van der Waals surface area contributed by atoms with Gasteiger partial charge in [0, 0.05) is 17.4 Å². The average Bonchev–Trinajstić information content (AvgIpc) is 2.17. The van der Waals surface area contributed by atoms with Crippen LogP contribution in [0.25, 0.3) is 0 Å². The van der Waals surface area contributed by atoms with E-state index in [0.717, 1.165) is 6.07 Å². The molecule has 0 aliphatic carbocycles. The van der Waals surface area contributed by atoms with Crippen molar-refractivity contribution in [2.24, 2.45) is 0 Å². The van der Waals surface area contributed by atoms with E-state index < -0.39 is 0 Å². The summed E-state index contributed by atoms with van der Waals surface area (Å²) in [5.41, 5.74) is 0.153. The van der Waals surface area contributed by atoms with Crippen molar-refractivity contribution >= 4 is 21.8 Å². The van der Waals surface area contributed by atoms with Gasteiger partial charge in [-0.15, -0.1) is 0 Å². The first-order valence-electron chi connectivity index (χ1n) is 4.43. The standard InChI is InChI=1S/C10H12BrNO3/c1-6(5-11)12-10(15)8-3-2-7(13)4-9(8)14/h2-4,6,13-14H,5H2,1H3,(H,12,15). The molecule has 1 unspecified atom stereocenters. The zero-order valence-electron chi connectivity index (χ0n) is 8.20. The number of nitrogens with one attached hydrogen (secondary N) is 1. The molecule has 4 nitrogen and oxygen atoms in total. The third kappa shape index (κ3) is 3.13. The minimum absolute atomic E-state index is 0.0225. The minimum Gasteiger partial charge on any atom is -0.508 e. The maximum atomic E-state index is 11.6. The monoisotopic (exact) mass is 273 g/mol. The Morgan fingerprint density at radius 3 is 2.73 bits per heavy atom. The molecule has 0 heterocycles. The van der Waals surface area contributed by atoms with Crippen LogP contribution in [-0.4, -0.2) is 27.5 Å². The lowest BCUT2D eigenvalue weighted by Gasteiger charge is -2.11. The number of phenolic OH excluding ortho intramolecular Hbond substituents is 2. The topological polar surface area (TPSA) is 69.6 Å². The van der Waals surface area contributed by atoms with Crippen molar-refractivity contribution in [1.29, 1.82) is 0 Å². The number of hydrogen-bond acceptors (Lipinski definition) is 3. The van der Waals surface area contributed by atoms with E-state index in [1.165, 1.54) is 12.1 Å². The van der Waals surface area contributed by atoms with Gasteiger partial charge < -0.3 is 15.5 Å². The summed E-state index contributed by atoms with van der Waals surface area (Å²) in [6.45, 7) is 1.84. The summed E-state index contributed by atoms with van der Waals surface area (Å²) < 4.78 is 0. The largest absolute Gasteiger partial charge is 0.508 e. The van der Waals surface area contributed by atoms with Crippen molar-refractivity contribution in [2.45, 2.75) is 13.0 Å². The van der Waals surface area contributed by atoms with Gasteiger partial charge in [-0.1, -0.05) is 15.9 Å². The van der Waals surface area contributed by atoms with E-state index in [9.17, 15) is 9.90 Å². The van der Waals surface area contributed by atoms with Crippen LogP contribution in [0.15, 0.2) is 18.2 Å². The predicted octanol–water partition coefficient (Wildman–Crippen LogP) is 1.61. The van der Waals surface area contributed by atoms with E-state index >= 15 is 0 Å². The lowest BCUT2D eigenvalue weighted by atomic mass is 10.1. The fourth-order valence-electron chi connectivity index (χ4n) is 1.05. The average molecular weight is 274 g/mol. The van der Waals surface area contributed by atoms with Gasteiger partial charge in [0.15, 0.2) is 0 Å². The van der Waals surface area contributed by atoms with Gasteiger partial charge in [-0.3, -0.25) is 4.79 Å². The first kappa shape index (κ1) is 11.8. The normalized spacial score (nSPS) is 12.1. The van der Waals surface area contributed by atoms with Crippen LogP contribution in [0, 0.1) is 0 Å². The number of alkyl halides is 1. The second-order valence-electron chi connectivity index (χ2n) is 3.23. The number of carbonyl (C=O) groups excluding carboxylic acids is 1. The van der Waals surface area contributed by atoms with Crippen molar-refractivity contribution < 1.29 is 15.0 Å². The summed E-state index contributed by atoms with van der Waals surface area (Å²) >= 11 is 3.23. The number of amides is 1. The molecule has 5 heteroatoms. The van der Waals surface area contributed by atoms with Crippen LogP contribution >= 0.6 is 15.9 Å². The van der Waals surface area contributed by atoms with Crippen LogP contribution in [0.4, 0.5) is 0 Å². The molecule has 1 amide bonds. The van der Waals surface area contributed by atoms with Crippen molar-refractivity contribution in [1.82, 2.24) is 5.32 Å². The van der Waals surface area contributed by atoms with Gasteiger partial charge >= 0.3 is 0 Å². The SMILES string of the molecule is CC(CBr)NC(=O)c1ccc(O)cc1O. The third-order valence-corrected chi connectivity index (χ3v) is 2.81. The maximum Gasteiger partial charge on any atom is 0.255 e. The van der Waals surface area contributed by atoms with Crippen LogP contribution in [0.5, 0.6) is 11.5 Å². The molecular weight excluding hydrogens is 262 g/mol. The number of halogens is 1. The number of aromatic hydroxyl groups is 2. The first-order valence-corrected chi connectivity index (χ1v) is 5.55. The van der Waals surface area contributed by atoms with E-state index in [-0.39, 0.29) is 29.0 Å². The molecule has 0 radical (unpaired) electrons. The molecule has 1 aromatic carbocycles. The number of benzene rings is 1. The second-order valence-corrected chi connectivity index (χ2v) is 3.88. The van der Waals surface area contributed by atoms with Crippen LogP contribution in [0.1, 0.15) is 17.3 Å². The van der Waals surface area contributed by atoms with Crippen molar-refractivity contribution in [3.63, 3.8) is 0 Å². The van der Waals surface area contributed by atoms with Gasteiger partial charge in [-0.05, 0) is 19.1 Å². The summed E-state index contributed by atoms with van der Waals surface area (Å²) in [5, 5.41) is 21.8. The number of rotatable bonds is 3. The molecule has 3 N–H and O–H groups in total. The van der Waals surface area contributed by atoms with E-state index in [1.807, 2.05) is 6.92 Å². The molecule has 0 aliphatic rings. The fourth-order valence-corrected chi connectivity index (χ4v) is 1.21. The Hall–Kier alpha value is -1.23. The quantitative estimate of drug-likeness (QED) is 0.733. The highest BCUT2D eigenvalue weighted by Gasteiger charge is 2.13. The molecule has 0 aliphatic heterocycles. The Kier molecular flexibility index (Phi) is 3.96. The van der Waals surface area contributed by atoms with Crippen molar-refractivity contribution in [3.8, 4) is 11.5 Å². The number of carbonyl (C=O) groups is 1. The molecule has 0 aromatic heterocycles. The maximum absolute atomic E-state index is 11.6. The molecular formula is C10H12BrNO3. The van der Waals surface area contributed by atoms with Gasteiger partial charge in [-0.2, -0.15) is 0 Å². The summed E-state index contributed by atoms with van der Waals surface area (Å²) in [7, 11) is 0. The van der Waals surface area contributed by atoms with E-state index in [1.54, 1.807) is 0 Å². The molecule has 0 fully saturated rings. The van der Waals surface area contributed by atoms with E-state index in [0.29, 0.717) is 5.33 Å². The molecule has 1 aromatic rings. The van der Waals surface area contributed by atoms with Gasteiger partial charge in [0.1, 0.15) is 11.5 Å². The smallest absolute Gasteiger partial charge is 0.255 e. The minimum atomic E-state index is -0.362. The first-order chi connectivity index (χ1) is 7.04. The zero-order valence-corrected chi connectivity index (χ0v) is 9.78. The third-order valence-electron chi connectivity index (χ3n) is 1.83. The molecule has 0 saturated heterocycles. The number of hydrogen-bond donors (Lipinski definition) is 3. The van der Waals surface area contributed by atoms with Crippen LogP contribution in [0.2, 0.25) is 0 Å². The van der Waals surface area contributed by atoms with Crippen LogP contribution in [0.3, 0.4) is 0 Å². The van der Waals surface area contributed by atoms with Crippen LogP contribution < -0.4 is 5.32 Å². The van der Waals surface area contributed by atoms with E-state index in [4.69, 9.17) is 5.11 Å². The highest BCUT2D eigenvalue weighted by Crippen LogP contribution is 2.22. The fraction of sp³-hybridized carbons (Fsp3) is 0.300. The molecule has 0 spiro atoms. The second kappa shape index (κ2) is 5.02. The molecule has 0 bridgehead atoms.